The first-order chi connectivity index (χ1) is 14.4. The van der Waals surface area contributed by atoms with E-state index in [1.807, 2.05) is 45.9 Å². The van der Waals surface area contributed by atoms with Gasteiger partial charge in [0.15, 0.2) is 0 Å². The predicted molar refractivity (Wildman–Crippen MR) is 121 cm³/mol. The number of amides is 1. The normalized spacial score (nSPS) is 17.3. The number of fused-ring (bicyclic) bond motifs is 1. The van der Waals surface area contributed by atoms with Crippen LogP contribution in [0.1, 0.15) is 43.0 Å². The second kappa shape index (κ2) is 8.42. The van der Waals surface area contributed by atoms with Gasteiger partial charge in [-0.1, -0.05) is 6.07 Å². The predicted octanol–water partition coefficient (Wildman–Crippen LogP) is 3.50. The van der Waals surface area contributed by atoms with Gasteiger partial charge in [0.05, 0.1) is 25.1 Å². The zero-order valence-corrected chi connectivity index (χ0v) is 19.7. The molecule has 0 aromatic heterocycles. The first-order valence-electron chi connectivity index (χ1n) is 10.1. The summed E-state index contributed by atoms with van der Waals surface area (Å²) in [6, 6.07) is 10.5. The Bertz CT molecular complexity index is 1100. The quantitative estimate of drug-likeness (QED) is 0.734. The van der Waals surface area contributed by atoms with Crippen molar-refractivity contribution < 1.29 is 22.7 Å². The summed E-state index contributed by atoms with van der Waals surface area (Å²) in [5, 5.41) is 3.00. The molecule has 0 saturated heterocycles. The Hall–Kier alpha value is -2.74. The third-order valence-corrected chi connectivity index (χ3v) is 6.62. The van der Waals surface area contributed by atoms with Gasteiger partial charge < -0.3 is 14.8 Å². The molecule has 31 heavy (non-hydrogen) atoms. The summed E-state index contributed by atoms with van der Waals surface area (Å²) in [6.45, 7) is 7.47. The number of nitrogens with one attached hydrogen (secondary N) is 1. The molecule has 1 aliphatic heterocycles. The molecular formula is C23H30N2O5S. The van der Waals surface area contributed by atoms with Crippen LogP contribution in [0.5, 0.6) is 11.5 Å². The van der Waals surface area contributed by atoms with Gasteiger partial charge in [-0.25, -0.2) is 8.42 Å². The largest absolute Gasteiger partial charge is 0.497 e. The number of benzene rings is 2. The van der Waals surface area contributed by atoms with Gasteiger partial charge in [-0.05, 0) is 63.1 Å². The topological polar surface area (TPSA) is 84.9 Å². The van der Waals surface area contributed by atoms with Crippen molar-refractivity contribution in [2.24, 2.45) is 0 Å². The van der Waals surface area contributed by atoms with Gasteiger partial charge in [0.1, 0.15) is 23.6 Å². The van der Waals surface area contributed by atoms with Gasteiger partial charge in [-0.3, -0.25) is 9.10 Å². The molecule has 0 spiro atoms. The van der Waals surface area contributed by atoms with Crippen LogP contribution in [0.3, 0.4) is 0 Å². The van der Waals surface area contributed by atoms with Gasteiger partial charge in [-0.15, -0.1) is 0 Å². The lowest BCUT2D eigenvalue weighted by Gasteiger charge is -2.38. The summed E-state index contributed by atoms with van der Waals surface area (Å²) in [4.78, 5) is 13.0. The first kappa shape index (κ1) is 22.9. The molecule has 0 radical (unpaired) electrons. The molecule has 8 heteroatoms. The van der Waals surface area contributed by atoms with E-state index in [0.717, 1.165) is 27.3 Å². The lowest BCUT2D eigenvalue weighted by atomic mass is 9.89. The highest BCUT2D eigenvalue weighted by Gasteiger charge is 2.35. The third kappa shape index (κ3) is 5.31. The summed E-state index contributed by atoms with van der Waals surface area (Å²) in [6.07, 6.45) is 1.66. The SMILES string of the molecule is COc1ccc2c(c1)OC(C)(C)C[C@@H]2NC(=O)CN(c1ccc(C)c(C)c1)S(C)(=O)=O. The van der Waals surface area contributed by atoms with Crippen LogP contribution in [-0.2, 0) is 14.8 Å². The van der Waals surface area contributed by atoms with Crippen LogP contribution in [0.2, 0.25) is 0 Å². The molecule has 0 fully saturated rings. The smallest absolute Gasteiger partial charge is 0.241 e. The van der Waals surface area contributed by atoms with Crippen molar-refractivity contribution in [2.45, 2.75) is 45.8 Å². The Morgan fingerprint density at radius 1 is 1.19 bits per heavy atom. The lowest BCUT2D eigenvalue weighted by molar-refractivity contribution is -0.120. The van der Waals surface area contributed by atoms with E-state index in [-0.39, 0.29) is 18.5 Å². The van der Waals surface area contributed by atoms with E-state index >= 15 is 0 Å². The molecule has 0 unspecified atom stereocenters. The summed E-state index contributed by atoms with van der Waals surface area (Å²) in [5.74, 6) is 0.933. The summed E-state index contributed by atoms with van der Waals surface area (Å²) >= 11 is 0. The molecular weight excluding hydrogens is 416 g/mol. The molecule has 0 bridgehead atoms. The summed E-state index contributed by atoms with van der Waals surface area (Å²) in [5.41, 5.74) is 2.82. The Kier molecular flexibility index (Phi) is 6.23. The highest BCUT2D eigenvalue weighted by molar-refractivity contribution is 7.92. The van der Waals surface area contributed by atoms with Gasteiger partial charge in [-0.2, -0.15) is 0 Å². The minimum Gasteiger partial charge on any atom is -0.497 e. The number of carbonyl (C=O) groups is 1. The molecule has 168 valence electrons. The highest BCUT2D eigenvalue weighted by atomic mass is 32.2. The van der Waals surface area contributed by atoms with Gasteiger partial charge in [0.25, 0.3) is 0 Å². The Morgan fingerprint density at radius 3 is 2.52 bits per heavy atom. The van der Waals surface area contributed by atoms with E-state index in [2.05, 4.69) is 5.32 Å². The molecule has 1 aliphatic rings. The molecule has 7 nitrogen and oxygen atoms in total. The summed E-state index contributed by atoms with van der Waals surface area (Å²) in [7, 11) is -2.06. The van der Waals surface area contributed by atoms with Crippen LogP contribution in [0.25, 0.3) is 0 Å². The molecule has 1 N–H and O–H groups in total. The molecule has 0 saturated carbocycles. The van der Waals surface area contributed by atoms with Gasteiger partial charge in [0, 0.05) is 18.1 Å². The van der Waals surface area contributed by atoms with E-state index in [4.69, 9.17) is 9.47 Å². The van der Waals surface area contributed by atoms with Gasteiger partial charge in [0.2, 0.25) is 15.9 Å². The number of sulfonamides is 1. The fraction of sp³-hybridized carbons (Fsp3) is 0.435. The average Bonchev–Trinajstić information content (AvgIpc) is 2.66. The fourth-order valence-electron chi connectivity index (χ4n) is 3.74. The number of hydrogen-bond acceptors (Lipinski definition) is 5. The monoisotopic (exact) mass is 446 g/mol. The summed E-state index contributed by atoms with van der Waals surface area (Å²) < 4.78 is 37.4. The molecule has 1 amide bonds. The maximum absolute atomic E-state index is 13.0. The van der Waals surface area contributed by atoms with E-state index < -0.39 is 15.6 Å². The second-order valence-electron chi connectivity index (χ2n) is 8.63. The fourth-order valence-corrected chi connectivity index (χ4v) is 4.59. The zero-order valence-electron chi connectivity index (χ0n) is 18.9. The van der Waals surface area contributed by atoms with E-state index in [1.165, 1.54) is 0 Å². The number of ether oxygens (including phenoxy) is 2. The van der Waals surface area contributed by atoms with Crippen LogP contribution >= 0.6 is 0 Å². The second-order valence-corrected chi connectivity index (χ2v) is 10.5. The van der Waals surface area contributed by atoms with Crippen LogP contribution < -0.4 is 19.1 Å². The number of nitrogens with zero attached hydrogens (tertiary/aromatic N) is 1. The van der Waals surface area contributed by atoms with Gasteiger partial charge >= 0.3 is 0 Å². The van der Waals surface area contributed by atoms with Crippen LogP contribution in [0.4, 0.5) is 5.69 Å². The zero-order chi connectivity index (χ0) is 23.0. The van der Waals surface area contributed by atoms with Crippen molar-refractivity contribution in [3.63, 3.8) is 0 Å². The average molecular weight is 447 g/mol. The molecule has 2 aromatic carbocycles. The Morgan fingerprint density at radius 2 is 1.90 bits per heavy atom. The maximum atomic E-state index is 13.0. The third-order valence-electron chi connectivity index (χ3n) is 5.48. The Labute approximate surface area is 184 Å². The molecule has 1 atom stereocenters. The molecule has 2 aromatic rings. The van der Waals surface area contributed by atoms with Crippen LogP contribution in [0.15, 0.2) is 36.4 Å². The van der Waals surface area contributed by atoms with Crippen molar-refractivity contribution in [3.05, 3.63) is 53.1 Å². The molecule has 0 aliphatic carbocycles. The lowest BCUT2D eigenvalue weighted by Crippen LogP contribution is -2.45. The van der Waals surface area contributed by atoms with E-state index in [0.29, 0.717) is 23.6 Å². The number of hydrogen-bond donors (Lipinski definition) is 1. The highest BCUT2D eigenvalue weighted by Crippen LogP contribution is 2.41. The maximum Gasteiger partial charge on any atom is 0.241 e. The number of carbonyl (C=O) groups excluding carboxylic acids is 1. The number of rotatable bonds is 6. The number of anilines is 1. The Balaban J connectivity index is 1.85. The van der Waals surface area contributed by atoms with Crippen molar-refractivity contribution >= 4 is 21.6 Å². The number of methoxy groups -OCH3 is 1. The number of aryl methyl sites for hydroxylation is 2. The van der Waals surface area contributed by atoms with Crippen molar-refractivity contribution in [1.82, 2.24) is 5.32 Å². The van der Waals surface area contributed by atoms with Crippen LogP contribution in [0, 0.1) is 13.8 Å². The molecule has 1 heterocycles. The van der Waals surface area contributed by atoms with E-state index in [9.17, 15) is 13.2 Å². The minimum absolute atomic E-state index is 0.301. The minimum atomic E-state index is -3.64. The van der Waals surface area contributed by atoms with Crippen molar-refractivity contribution in [2.75, 3.05) is 24.2 Å². The van der Waals surface area contributed by atoms with Crippen molar-refractivity contribution in [3.8, 4) is 11.5 Å². The van der Waals surface area contributed by atoms with Crippen LogP contribution in [-0.4, -0.2) is 39.8 Å². The standard InChI is InChI=1S/C23H30N2O5S/c1-15-7-8-17(11-16(15)2)25(31(6,27)28)14-22(26)24-20-13-23(3,4)30-21-12-18(29-5)9-10-19(20)21/h7-12,20H,13-14H2,1-6H3,(H,24,26)/t20-/m0/s1. The first-order valence-corrected chi connectivity index (χ1v) is 12.0. The van der Waals surface area contributed by atoms with Crippen molar-refractivity contribution in [1.29, 1.82) is 0 Å². The molecule has 3 rings (SSSR count). The van der Waals surface area contributed by atoms with E-state index in [1.54, 1.807) is 25.3 Å².